The summed E-state index contributed by atoms with van der Waals surface area (Å²) in [7, 11) is 3.23. The average Bonchev–Trinajstić information content (AvgIpc) is 2.56. The Labute approximate surface area is 132 Å². The van der Waals surface area contributed by atoms with Gasteiger partial charge in [0.2, 0.25) is 0 Å². The third-order valence-corrected chi connectivity index (χ3v) is 4.12. The van der Waals surface area contributed by atoms with E-state index in [0.717, 1.165) is 16.1 Å². The summed E-state index contributed by atoms with van der Waals surface area (Å²) < 4.78 is 4.43. The van der Waals surface area contributed by atoms with Gasteiger partial charge < -0.3 is 4.74 Å². The second-order valence-corrected chi connectivity index (χ2v) is 5.63. The first-order chi connectivity index (χ1) is 10.3. The normalized spacial score (nSPS) is 9.19. The zero-order chi connectivity index (χ0) is 15.3. The first-order valence-electron chi connectivity index (χ1n) is 6.22. The van der Waals surface area contributed by atoms with Crippen LogP contribution >= 0.6 is 21.6 Å². The van der Waals surface area contributed by atoms with Crippen molar-refractivity contribution < 1.29 is 9.53 Å². The molecule has 2 rings (SSSR count). The van der Waals surface area contributed by atoms with Crippen molar-refractivity contribution in [2.75, 3.05) is 6.61 Å². The second-order valence-electron chi connectivity index (χ2n) is 3.46. The molecule has 0 spiro atoms. The Morgan fingerprint density at radius 3 is 1.95 bits per heavy atom. The molecular weight excluding hydrogens is 304 g/mol. The van der Waals surface area contributed by atoms with E-state index in [4.69, 9.17) is 0 Å². The molecule has 0 fully saturated rings. The van der Waals surface area contributed by atoms with Crippen molar-refractivity contribution in [3.05, 3.63) is 61.4 Å². The monoisotopic (exact) mass is 320 g/mol. The predicted molar refractivity (Wildman–Crippen MR) is 87.0 cm³/mol. The highest BCUT2D eigenvalue weighted by molar-refractivity contribution is 8.76. The van der Waals surface area contributed by atoms with Crippen LogP contribution in [0.1, 0.15) is 6.92 Å². The molecule has 2 aromatic heterocycles. The maximum Gasteiger partial charge on any atom is 0.330 e. The molecule has 0 atom stereocenters. The number of ether oxygens (including phenoxy) is 1. The number of hydrogen-bond acceptors (Lipinski definition) is 6. The summed E-state index contributed by atoms with van der Waals surface area (Å²) in [5.74, 6) is -0.359. The molecule has 21 heavy (non-hydrogen) atoms. The molecule has 2 heterocycles. The summed E-state index contributed by atoms with van der Waals surface area (Å²) in [4.78, 5) is 18.5. The summed E-state index contributed by atoms with van der Waals surface area (Å²) in [5, 5.41) is 2.01. The minimum absolute atomic E-state index is 0.359. The minimum atomic E-state index is -0.359. The first-order valence-corrected chi connectivity index (χ1v) is 8.37. The molecule has 0 saturated heterocycles. The van der Waals surface area contributed by atoms with Crippen molar-refractivity contribution in [2.45, 2.75) is 17.0 Å². The van der Waals surface area contributed by atoms with E-state index in [1.165, 1.54) is 0 Å². The standard InChI is InChI=1S/C10H8N2S2.C5H8O2/c1-3-7-11-9(5-1)13-14-10-6-2-4-8-12-10;1-3-5(6)7-4-2/h1-8H;3H,1,4H2,2H3. The first kappa shape index (κ1) is 17.3. The van der Waals surface area contributed by atoms with E-state index in [0.29, 0.717) is 6.61 Å². The summed E-state index contributed by atoms with van der Waals surface area (Å²) >= 11 is 0. The van der Waals surface area contributed by atoms with E-state index < -0.39 is 0 Å². The average molecular weight is 320 g/mol. The van der Waals surface area contributed by atoms with E-state index in [2.05, 4.69) is 21.3 Å². The third kappa shape index (κ3) is 8.16. The number of pyridine rings is 2. The van der Waals surface area contributed by atoms with Crippen LogP contribution in [-0.4, -0.2) is 22.5 Å². The number of esters is 1. The lowest BCUT2D eigenvalue weighted by molar-refractivity contribution is -0.137. The van der Waals surface area contributed by atoms with Gasteiger partial charge in [-0.1, -0.05) is 18.7 Å². The van der Waals surface area contributed by atoms with E-state index in [1.807, 2.05) is 36.4 Å². The van der Waals surface area contributed by atoms with Gasteiger partial charge in [0, 0.05) is 18.5 Å². The van der Waals surface area contributed by atoms with Crippen LogP contribution in [0.4, 0.5) is 0 Å². The van der Waals surface area contributed by atoms with Gasteiger partial charge in [0.1, 0.15) is 10.1 Å². The molecule has 110 valence electrons. The van der Waals surface area contributed by atoms with Crippen LogP contribution in [0.3, 0.4) is 0 Å². The van der Waals surface area contributed by atoms with E-state index in [9.17, 15) is 4.79 Å². The lowest BCUT2D eigenvalue weighted by Crippen LogP contribution is -1.97. The van der Waals surface area contributed by atoms with Crippen LogP contribution in [0.25, 0.3) is 0 Å². The van der Waals surface area contributed by atoms with Crippen molar-refractivity contribution >= 4 is 27.6 Å². The molecule has 0 unspecified atom stereocenters. The maximum absolute atomic E-state index is 10.1. The number of rotatable bonds is 5. The van der Waals surface area contributed by atoms with Crippen LogP contribution in [0.5, 0.6) is 0 Å². The Balaban J connectivity index is 0.000000270. The Morgan fingerprint density at radius 1 is 1.14 bits per heavy atom. The number of hydrogen-bond donors (Lipinski definition) is 0. The summed E-state index contributed by atoms with van der Waals surface area (Å²) in [6.45, 7) is 5.38. The van der Waals surface area contributed by atoms with Crippen molar-refractivity contribution in [3.63, 3.8) is 0 Å². The molecule has 0 bridgehead atoms. The van der Waals surface area contributed by atoms with Crippen LogP contribution in [-0.2, 0) is 9.53 Å². The largest absolute Gasteiger partial charge is 0.463 e. The fourth-order valence-corrected chi connectivity index (χ4v) is 2.83. The SMILES string of the molecule is C=CC(=O)OCC.c1ccc(SSc2ccccn2)nc1. The fraction of sp³-hybridized carbons (Fsp3) is 0.133. The topological polar surface area (TPSA) is 52.1 Å². The zero-order valence-electron chi connectivity index (χ0n) is 11.6. The van der Waals surface area contributed by atoms with Gasteiger partial charge in [-0.2, -0.15) is 0 Å². The number of nitrogens with zero attached hydrogens (tertiary/aromatic N) is 2. The highest BCUT2D eigenvalue weighted by Gasteiger charge is 1.97. The molecule has 0 amide bonds. The number of carbonyl (C=O) groups excluding carboxylic acids is 1. The van der Waals surface area contributed by atoms with Gasteiger partial charge in [-0.05, 0) is 52.8 Å². The molecule has 0 aliphatic heterocycles. The Morgan fingerprint density at radius 2 is 1.67 bits per heavy atom. The van der Waals surface area contributed by atoms with Crippen molar-refractivity contribution in [3.8, 4) is 0 Å². The molecular formula is C15H16N2O2S2. The van der Waals surface area contributed by atoms with Gasteiger partial charge in [0.25, 0.3) is 0 Å². The van der Waals surface area contributed by atoms with Gasteiger partial charge in [-0.3, -0.25) is 0 Å². The van der Waals surface area contributed by atoms with Crippen molar-refractivity contribution in [2.24, 2.45) is 0 Å². The van der Waals surface area contributed by atoms with Crippen LogP contribution in [0, 0.1) is 0 Å². The summed E-state index contributed by atoms with van der Waals surface area (Å²) in [6, 6.07) is 11.8. The molecule has 6 heteroatoms. The highest BCUT2D eigenvalue weighted by Crippen LogP contribution is 2.34. The summed E-state index contributed by atoms with van der Waals surface area (Å²) in [6.07, 6.45) is 4.73. The smallest absolute Gasteiger partial charge is 0.330 e. The second kappa shape index (κ2) is 10.9. The molecule has 0 radical (unpaired) electrons. The van der Waals surface area contributed by atoms with E-state index in [1.54, 1.807) is 40.9 Å². The van der Waals surface area contributed by atoms with Crippen LogP contribution in [0.15, 0.2) is 71.5 Å². The maximum atomic E-state index is 10.1. The Hall–Kier alpha value is -1.79. The third-order valence-electron chi connectivity index (χ3n) is 1.94. The van der Waals surface area contributed by atoms with Gasteiger partial charge >= 0.3 is 5.97 Å². The molecule has 2 aromatic rings. The van der Waals surface area contributed by atoms with Gasteiger partial charge in [0.15, 0.2) is 0 Å². The Kier molecular flexibility index (Phi) is 8.99. The van der Waals surface area contributed by atoms with Gasteiger partial charge in [-0.25, -0.2) is 14.8 Å². The quantitative estimate of drug-likeness (QED) is 0.471. The summed E-state index contributed by atoms with van der Waals surface area (Å²) in [5.41, 5.74) is 0. The number of carbonyl (C=O) groups is 1. The van der Waals surface area contributed by atoms with E-state index >= 15 is 0 Å². The van der Waals surface area contributed by atoms with Crippen molar-refractivity contribution in [1.29, 1.82) is 0 Å². The lowest BCUT2D eigenvalue weighted by atomic mass is 10.5. The number of aromatic nitrogens is 2. The molecule has 0 aromatic carbocycles. The van der Waals surface area contributed by atoms with E-state index in [-0.39, 0.29) is 5.97 Å². The van der Waals surface area contributed by atoms with Gasteiger partial charge in [-0.15, -0.1) is 0 Å². The molecule has 4 nitrogen and oxygen atoms in total. The molecule has 0 aliphatic rings. The van der Waals surface area contributed by atoms with Crippen LogP contribution < -0.4 is 0 Å². The molecule has 0 N–H and O–H groups in total. The van der Waals surface area contributed by atoms with Crippen molar-refractivity contribution in [1.82, 2.24) is 9.97 Å². The minimum Gasteiger partial charge on any atom is -0.463 e. The lowest BCUT2D eigenvalue weighted by Gasteiger charge is -1.97. The molecule has 0 saturated carbocycles. The Bertz CT molecular complexity index is 496. The molecule has 0 aliphatic carbocycles. The van der Waals surface area contributed by atoms with Gasteiger partial charge in [0.05, 0.1) is 6.61 Å². The fourth-order valence-electron chi connectivity index (χ4n) is 1.08. The highest BCUT2D eigenvalue weighted by atomic mass is 33.1. The zero-order valence-corrected chi connectivity index (χ0v) is 13.3. The predicted octanol–water partition coefficient (Wildman–Crippen LogP) is 4.01. The van der Waals surface area contributed by atoms with Crippen LogP contribution in [0.2, 0.25) is 0 Å².